The molecule has 1 fully saturated rings. The topological polar surface area (TPSA) is 123 Å². The van der Waals surface area contributed by atoms with E-state index in [4.69, 9.17) is 9.05 Å². The molecule has 0 bridgehead atoms. The number of nitrogens with one attached hydrogen (secondary N) is 2. The lowest BCUT2D eigenvalue weighted by Gasteiger charge is -2.32. The predicted molar refractivity (Wildman–Crippen MR) is 129 cm³/mol. The molecule has 1 atom stereocenters. The Balaban J connectivity index is 1.87. The van der Waals surface area contributed by atoms with Crippen molar-refractivity contribution in [1.29, 1.82) is 0 Å². The van der Waals surface area contributed by atoms with Gasteiger partial charge in [0.15, 0.2) is 5.82 Å². The lowest BCUT2D eigenvalue weighted by Crippen LogP contribution is -2.55. The average molecular weight is 490 g/mol. The zero-order valence-electron chi connectivity index (χ0n) is 19.8. The van der Waals surface area contributed by atoms with Gasteiger partial charge in [-0.25, -0.2) is 9.97 Å². The number of hydrogen-bond donors (Lipinski definition) is 2. The zero-order chi connectivity index (χ0) is 24.6. The van der Waals surface area contributed by atoms with Gasteiger partial charge in [-0.3, -0.25) is 14.2 Å². The van der Waals surface area contributed by atoms with Gasteiger partial charge in [-0.2, -0.15) is 0 Å². The summed E-state index contributed by atoms with van der Waals surface area (Å²) >= 11 is 0. The van der Waals surface area contributed by atoms with Gasteiger partial charge in [0, 0.05) is 37.4 Å². The Kier molecular flexibility index (Phi) is 9.29. The molecule has 2 N–H and O–H groups in total. The fourth-order valence-corrected chi connectivity index (χ4v) is 5.45. The molecule has 0 spiro atoms. The van der Waals surface area contributed by atoms with Gasteiger partial charge in [0.1, 0.15) is 11.7 Å². The number of nitrogens with zero attached hydrogens (tertiary/aromatic N) is 3. The van der Waals surface area contributed by atoms with Crippen molar-refractivity contribution in [2.24, 2.45) is 0 Å². The lowest BCUT2D eigenvalue weighted by atomic mass is 10.2. The van der Waals surface area contributed by atoms with E-state index in [0.29, 0.717) is 37.7 Å². The van der Waals surface area contributed by atoms with Crippen LogP contribution in [0.5, 0.6) is 0 Å². The van der Waals surface area contributed by atoms with Gasteiger partial charge in [-0.05, 0) is 26.8 Å². The number of aryl methyl sites for hydroxylation is 1. The third-order valence-electron chi connectivity index (χ3n) is 5.21. The summed E-state index contributed by atoms with van der Waals surface area (Å²) in [5, 5.41) is 5.93. The van der Waals surface area contributed by atoms with Crippen LogP contribution in [0.4, 0.5) is 0 Å². The molecule has 0 saturated carbocycles. The first kappa shape index (κ1) is 26.0. The number of piperazine rings is 1. The lowest BCUT2D eigenvalue weighted by molar-refractivity contribution is -0.133. The molecule has 1 unspecified atom stereocenters. The number of carbonyl (C=O) groups is 2. The third kappa shape index (κ3) is 6.93. The normalized spacial score (nSPS) is 15.1. The summed E-state index contributed by atoms with van der Waals surface area (Å²) in [4.78, 5) is 37.0. The molecule has 0 radical (unpaired) electrons. The standard InChI is InChI=1S/C23H32N5O5P/c1-4-32-34(31,33-5-2)16-20(23(30)28-13-11-24-12-14-28)27-22(29)19-15-17(3)25-21(26-19)18-9-7-6-8-10-18/h6-10,15,20,24H,4-5,11-14,16H2,1-3H3,(H,27,29). The first-order valence-corrected chi connectivity index (χ1v) is 13.2. The molecule has 1 aliphatic rings. The summed E-state index contributed by atoms with van der Waals surface area (Å²) < 4.78 is 24.0. The van der Waals surface area contributed by atoms with Gasteiger partial charge in [0.05, 0.1) is 19.4 Å². The number of aromatic nitrogens is 2. The maximum Gasteiger partial charge on any atom is 0.333 e. The molecule has 10 nitrogen and oxygen atoms in total. The van der Waals surface area contributed by atoms with E-state index in [2.05, 4.69) is 20.6 Å². The molecular formula is C23H32N5O5P. The van der Waals surface area contributed by atoms with E-state index in [9.17, 15) is 14.2 Å². The Morgan fingerprint density at radius 2 is 1.76 bits per heavy atom. The van der Waals surface area contributed by atoms with Crippen LogP contribution in [0.1, 0.15) is 30.0 Å². The van der Waals surface area contributed by atoms with Crippen molar-refractivity contribution in [3.8, 4) is 11.4 Å². The Bertz CT molecular complexity index is 1020. The van der Waals surface area contributed by atoms with Crippen LogP contribution < -0.4 is 10.6 Å². The molecule has 1 aromatic carbocycles. The molecule has 1 saturated heterocycles. The van der Waals surface area contributed by atoms with E-state index in [1.54, 1.807) is 31.7 Å². The predicted octanol–water partition coefficient (Wildman–Crippen LogP) is 2.25. The Hall–Kier alpha value is -2.65. The van der Waals surface area contributed by atoms with Crippen molar-refractivity contribution in [2.45, 2.75) is 26.8 Å². The quantitative estimate of drug-likeness (QED) is 0.487. The first-order valence-electron chi connectivity index (χ1n) is 11.4. The van der Waals surface area contributed by atoms with Gasteiger partial charge in [0.2, 0.25) is 5.91 Å². The molecule has 1 aliphatic heterocycles. The molecule has 1 aromatic heterocycles. The fourth-order valence-electron chi connectivity index (χ4n) is 3.68. The Labute approximate surface area is 200 Å². The third-order valence-corrected chi connectivity index (χ3v) is 7.32. The number of carbonyl (C=O) groups excluding carboxylic acids is 2. The van der Waals surface area contributed by atoms with Crippen molar-refractivity contribution in [2.75, 3.05) is 45.6 Å². The maximum absolute atomic E-state index is 13.3. The van der Waals surface area contributed by atoms with Crippen LogP contribution in [0.25, 0.3) is 11.4 Å². The minimum atomic E-state index is -3.61. The highest BCUT2D eigenvalue weighted by Crippen LogP contribution is 2.48. The van der Waals surface area contributed by atoms with Crippen LogP contribution >= 0.6 is 7.60 Å². The Morgan fingerprint density at radius 3 is 2.38 bits per heavy atom. The van der Waals surface area contributed by atoms with Crippen molar-refractivity contribution >= 4 is 19.4 Å². The average Bonchev–Trinajstić information content (AvgIpc) is 2.84. The highest BCUT2D eigenvalue weighted by Gasteiger charge is 2.36. The summed E-state index contributed by atoms with van der Waals surface area (Å²) in [6.45, 7) is 7.76. The van der Waals surface area contributed by atoms with E-state index in [1.165, 1.54) is 0 Å². The molecule has 2 aromatic rings. The van der Waals surface area contributed by atoms with Crippen molar-refractivity contribution in [3.05, 3.63) is 47.8 Å². The van der Waals surface area contributed by atoms with Crippen molar-refractivity contribution in [3.63, 3.8) is 0 Å². The molecule has 2 heterocycles. The van der Waals surface area contributed by atoms with Crippen LogP contribution in [0.15, 0.2) is 36.4 Å². The first-order chi connectivity index (χ1) is 16.3. The van der Waals surface area contributed by atoms with E-state index in [-0.39, 0.29) is 31.0 Å². The summed E-state index contributed by atoms with van der Waals surface area (Å²) in [6.07, 6.45) is -0.265. The van der Waals surface area contributed by atoms with E-state index in [0.717, 1.165) is 5.56 Å². The number of benzene rings is 1. The van der Waals surface area contributed by atoms with E-state index in [1.807, 2.05) is 30.3 Å². The molecule has 184 valence electrons. The molecular weight excluding hydrogens is 457 g/mol. The van der Waals surface area contributed by atoms with Gasteiger partial charge < -0.3 is 24.6 Å². The van der Waals surface area contributed by atoms with E-state index >= 15 is 0 Å². The van der Waals surface area contributed by atoms with E-state index < -0.39 is 19.5 Å². The largest absolute Gasteiger partial charge is 0.338 e. The van der Waals surface area contributed by atoms with Crippen LogP contribution in [-0.2, 0) is 18.4 Å². The highest BCUT2D eigenvalue weighted by atomic mass is 31.2. The van der Waals surface area contributed by atoms with Crippen LogP contribution in [0.3, 0.4) is 0 Å². The molecule has 2 amide bonds. The monoisotopic (exact) mass is 489 g/mol. The SMILES string of the molecule is CCOP(=O)(CC(NC(=O)c1cc(C)nc(-c2ccccc2)n1)C(=O)N1CCNCC1)OCC. The number of amides is 2. The van der Waals surface area contributed by atoms with Crippen LogP contribution in [0, 0.1) is 6.92 Å². The molecule has 0 aliphatic carbocycles. The van der Waals surface area contributed by atoms with Gasteiger partial charge in [-0.15, -0.1) is 0 Å². The minimum Gasteiger partial charge on any atom is -0.338 e. The fraction of sp³-hybridized carbons (Fsp3) is 0.478. The molecule has 3 rings (SSSR count). The Morgan fingerprint density at radius 1 is 1.12 bits per heavy atom. The highest BCUT2D eigenvalue weighted by molar-refractivity contribution is 7.54. The summed E-state index contributed by atoms with van der Waals surface area (Å²) in [7, 11) is -3.61. The molecule has 34 heavy (non-hydrogen) atoms. The maximum atomic E-state index is 13.3. The van der Waals surface area contributed by atoms with Crippen LogP contribution in [-0.4, -0.2) is 78.3 Å². The summed E-state index contributed by atoms with van der Waals surface area (Å²) in [6, 6.07) is 9.78. The second kappa shape index (κ2) is 12.2. The van der Waals surface area contributed by atoms with Gasteiger partial charge in [0.25, 0.3) is 5.91 Å². The number of rotatable bonds is 10. The smallest absolute Gasteiger partial charge is 0.333 e. The van der Waals surface area contributed by atoms with Crippen LogP contribution in [0.2, 0.25) is 0 Å². The summed E-state index contributed by atoms with van der Waals surface area (Å²) in [5.41, 5.74) is 1.50. The zero-order valence-corrected chi connectivity index (χ0v) is 20.7. The molecule has 11 heteroatoms. The second-order valence-electron chi connectivity index (χ2n) is 7.81. The minimum absolute atomic E-state index is 0.118. The summed E-state index contributed by atoms with van der Waals surface area (Å²) in [5.74, 6) is -0.482. The number of hydrogen-bond acceptors (Lipinski definition) is 8. The van der Waals surface area contributed by atoms with Gasteiger partial charge >= 0.3 is 7.60 Å². The van der Waals surface area contributed by atoms with Gasteiger partial charge in [-0.1, -0.05) is 30.3 Å². The van der Waals surface area contributed by atoms with Crippen molar-refractivity contribution in [1.82, 2.24) is 25.5 Å². The second-order valence-corrected chi connectivity index (χ2v) is 9.92. The van der Waals surface area contributed by atoms with Crippen molar-refractivity contribution < 1.29 is 23.2 Å².